The van der Waals surface area contributed by atoms with Crippen molar-refractivity contribution in [1.29, 1.82) is 0 Å². The van der Waals surface area contributed by atoms with Gasteiger partial charge in [0.05, 0.1) is 12.4 Å². The van der Waals surface area contributed by atoms with E-state index in [1.807, 2.05) is 6.92 Å². The predicted octanol–water partition coefficient (Wildman–Crippen LogP) is 3.17. The number of hydrogen-bond acceptors (Lipinski definition) is 3. The van der Waals surface area contributed by atoms with Crippen molar-refractivity contribution in [3.8, 4) is 0 Å². The fourth-order valence-electron chi connectivity index (χ4n) is 1.57. The van der Waals surface area contributed by atoms with Crippen molar-refractivity contribution in [1.82, 2.24) is 0 Å². The van der Waals surface area contributed by atoms with Gasteiger partial charge in [-0.15, -0.1) is 0 Å². The largest absolute Gasteiger partial charge is 0.435 e. The normalized spacial score (nSPS) is 12.1. The molecule has 0 aromatic heterocycles. The molecule has 3 nitrogen and oxygen atoms in total. The van der Waals surface area contributed by atoms with E-state index in [-0.39, 0.29) is 12.1 Å². The molecule has 3 heteroatoms. The minimum absolute atomic E-state index is 0.173. The lowest BCUT2D eigenvalue weighted by Crippen LogP contribution is -1.99. The topological polar surface area (TPSA) is 46.5 Å². The summed E-state index contributed by atoms with van der Waals surface area (Å²) in [6.45, 7) is 5.15. The van der Waals surface area contributed by atoms with Crippen LogP contribution in [0.5, 0.6) is 0 Å². The smallest absolute Gasteiger partial charge is 0.310 e. The first-order valence-corrected chi connectivity index (χ1v) is 6.15. The highest BCUT2D eigenvalue weighted by atomic mass is 16.5. The van der Waals surface area contributed by atoms with Crippen LogP contribution in [-0.4, -0.2) is 17.2 Å². The summed E-state index contributed by atoms with van der Waals surface area (Å²) in [7, 11) is 0. The van der Waals surface area contributed by atoms with Gasteiger partial charge in [0.2, 0.25) is 0 Å². The van der Waals surface area contributed by atoms with Crippen LogP contribution in [0.4, 0.5) is 0 Å². The number of rotatable bonds is 10. The minimum atomic E-state index is -0.191. The summed E-state index contributed by atoms with van der Waals surface area (Å²) in [5, 5.41) is 9.05. The van der Waals surface area contributed by atoms with E-state index in [0.29, 0.717) is 6.42 Å². The van der Waals surface area contributed by atoms with Crippen molar-refractivity contribution < 1.29 is 14.6 Å². The van der Waals surface area contributed by atoms with Gasteiger partial charge in [-0.2, -0.15) is 0 Å². The molecular weight excluding hydrogens is 204 g/mol. The Morgan fingerprint density at radius 2 is 1.81 bits per heavy atom. The monoisotopic (exact) mass is 228 g/mol. The van der Waals surface area contributed by atoms with E-state index in [0.717, 1.165) is 32.1 Å². The lowest BCUT2D eigenvalue weighted by molar-refractivity contribution is -0.138. The Kier molecular flexibility index (Phi) is 10.1. The number of aliphatic hydroxyl groups excluding tert-OH is 1. The first-order valence-electron chi connectivity index (χ1n) is 6.15. The molecule has 16 heavy (non-hydrogen) atoms. The molecular formula is C13H24O3. The molecule has 0 aliphatic heterocycles. The van der Waals surface area contributed by atoms with Crippen LogP contribution < -0.4 is 0 Å². The van der Waals surface area contributed by atoms with Crippen molar-refractivity contribution in [3.05, 3.63) is 12.8 Å². The molecule has 0 aliphatic carbocycles. The molecule has 1 N–H and O–H groups in total. The molecule has 94 valence electrons. The maximum Gasteiger partial charge on any atom is 0.310 e. The van der Waals surface area contributed by atoms with E-state index in [4.69, 9.17) is 5.11 Å². The van der Waals surface area contributed by atoms with Crippen LogP contribution in [0.1, 0.15) is 58.3 Å². The summed E-state index contributed by atoms with van der Waals surface area (Å²) in [6, 6.07) is 0. The van der Waals surface area contributed by atoms with E-state index < -0.39 is 0 Å². The van der Waals surface area contributed by atoms with Crippen LogP contribution in [0.2, 0.25) is 0 Å². The molecule has 0 radical (unpaired) electrons. The maximum absolute atomic E-state index is 10.9. The van der Waals surface area contributed by atoms with E-state index in [9.17, 15) is 4.79 Å². The van der Waals surface area contributed by atoms with E-state index in [1.165, 1.54) is 19.1 Å². The summed E-state index contributed by atoms with van der Waals surface area (Å²) in [6.07, 6.45) is 8.95. The third kappa shape index (κ3) is 11.2. The zero-order valence-corrected chi connectivity index (χ0v) is 10.3. The lowest BCUT2D eigenvalue weighted by Gasteiger charge is -2.03. The Morgan fingerprint density at radius 1 is 1.25 bits per heavy atom. The molecule has 0 amide bonds. The Labute approximate surface area is 98.5 Å². The number of carbonyl (C=O) groups is 1. The molecule has 0 saturated carbocycles. The first-order chi connectivity index (χ1) is 7.66. The van der Waals surface area contributed by atoms with E-state index in [1.54, 1.807) is 0 Å². The summed E-state index contributed by atoms with van der Waals surface area (Å²) in [5.41, 5.74) is 0. The SMILES string of the molecule is C=COC(=O)CCCCCCCCC(C)O. The molecule has 1 atom stereocenters. The van der Waals surface area contributed by atoms with Gasteiger partial charge in [-0.05, 0) is 19.8 Å². The molecule has 0 aromatic carbocycles. The van der Waals surface area contributed by atoms with Gasteiger partial charge in [-0.25, -0.2) is 0 Å². The summed E-state index contributed by atoms with van der Waals surface area (Å²) >= 11 is 0. The summed E-state index contributed by atoms with van der Waals surface area (Å²) in [5.74, 6) is -0.191. The third-order valence-electron chi connectivity index (χ3n) is 2.47. The maximum atomic E-state index is 10.9. The Balaban J connectivity index is 3.09. The number of unbranched alkanes of at least 4 members (excludes halogenated alkanes) is 5. The molecule has 0 saturated heterocycles. The average molecular weight is 228 g/mol. The number of ether oxygens (including phenoxy) is 1. The van der Waals surface area contributed by atoms with Gasteiger partial charge in [-0.1, -0.05) is 38.7 Å². The van der Waals surface area contributed by atoms with Gasteiger partial charge in [0.1, 0.15) is 0 Å². The van der Waals surface area contributed by atoms with Gasteiger partial charge < -0.3 is 9.84 Å². The van der Waals surface area contributed by atoms with Gasteiger partial charge >= 0.3 is 5.97 Å². The van der Waals surface area contributed by atoms with Crippen LogP contribution >= 0.6 is 0 Å². The van der Waals surface area contributed by atoms with Crippen molar-refractivity contribution in [2.45, 2.75) is 64.4 Å². The zero-order chi connectivity index (χ0) is 12.2. The standard InChI is InChI=1S/C13H24O3/c1-3-16-13(15)11-9-7-5-4-6-8-10-12(2)14/h3,12,14H,1,4-11H2,2H3. The van der Waals surface area contributed by atoms with Crippen LogP contribution in [0.3, 0.4) is 0 Å². The Morgan fingerprint density at radius 3 is 2.38 bits per heavy atom. The van der Waals surface area contributed by atoms with Crippen molar-refractivity contribution in [2.75, 3.05) is 0 Å². The summed E-state index contributed by atoms with van der Waals surface area (Å²) < 4.78 is 4.61. The summed E-state index contributed by atoms with van der Waals surface area (Å²) in [4.78, 5) is 10.9. The fourth-order valence-corrected chi connectivity index (χ4v) is 1.57. The highest BCUT2D eigenvalue weighted by Gasteiger charge is 2.00. The highest BCUT2D eigenvalue weighted by Crippen LogP contribution is 2.10. The molecule has 0 aliphatic rings. The van der Waals surface area contributed by atoms with E-state index >= 15 is 0 Å². The molecule has 0 fully saturated rings. The van der Waals surface area contributed by atoms with Gasteiger partial charge in [0, 0.05) is 6.42 Å². The van der Waals surface area contributed by atoms with Crippen molar-refractivity contribution in [3.63, 3.8) is 0 Å². The molecule has 1 unspecified atom stereocenters. The fraction of sp³-hybridized carbons (Fsp3) is 0.769. The number of aliphatic hydroxyl groups is 1. The Hall–Kier alpha value is -0.830. The molecule has 0 rings (SSSR count). The van der Waals surface area contributed by atoms with Gasteiger partial charge in [-0.3, -0.25) is 4.79 Å². The third-order valence-corrected chi connectivity index (χ3v) is 2.47. The molecule has 0 spiro atoms. The molecule has 0 heterocycles. The van der Waals surface area contributed by atoms with Gasteiger partial charge in [0.15, 0.2) is 0 Å². The second kappa shape index (κ2) is 10.7. The average Bonchev–Trinajstić information content (AvgIpc) is 2.22. The minimum Gasteiger partial charge on any atom is -0.435 e. The van der Waals surface area contributed by atoms with E-state index in [2.05, 4.69) is 11.3 Å². The zero-order valence-electron chi connectivity index (χ0n) is 10.3. The quantitative estimate of drug-likeness (QED) is 0.355. The lowest BCUT2D eigenvalue weighted by atomic mass is 10.1. The van der Waals surface area contributed by atoms with Crippen molar-refractivity contribution in [2.24, 2.45) is 0 Å². The second-order valence-corrected chi connectivity index (χ2v) is 4.17. The second-order valence-electron chi connectivity index (χ2n) is 4.17. The predicted molar refractivity (Wildman–Crippen MR) is 64.9 cm³/mol. The van der Waals surface area contributed by atoms with Crippen LogP contribution in [-0.2, 0) is 9.53 Å². The van der Waals surface area contributed by atoms with Crippen LogP contribution in [0.15, 0.2) is 12.8 Å². The molecule has 0 bridgehead atoms. The highest BCUT2D eigenvalue weighted by molar-refractivity contribution is 5.69. The number of esters is 1. The Bertz CT molecular complexity index is 188. The number of carbonyl (C=O) groups excluding carboxylic acids is 1. The first kappa shape index (κ1) is 15.2. The number of hydrogen-bond donors (Lipinski definition) is 1. The van der Waals surface area contributed by atoms with Gasteiger partial charge in [0.25, 0.3) is 0 Å². The van der Waals surface area contributed by atoms with Crippen LogP contribution in [0, 0.1) is 0 Å². The van der Waals surface area contributed by atoms with Crippen LogP contribution in [0.25, 0.3) is 0 Å². The molecule has 0 aromatic rings. The van der Waals surface area contributed by atoms with Crippen molar-refractivity contribution >= 4 is 5.97 Å².